The van der Waals surface area contributed by atoms with Gasteiger partial charge in [-0.3, -0.25) is 0 Å². The fourth-order valence-corrected chi connectivity index (χ4v) is 1.27. The first-order valence-corrected chi connectivity index (χ1v) is 3.85. The second-order valence-corrected chi connectivity index (χ2v) is 3.02. The fraction of sp³-hybridized carbons (Fsp3) is 1.00. The summed E-state index contributed by atoms with van der Waals surface area (Å²) in [5, 5.41) is 38.0. The second-order valence-electron chi connectivity index (χ2n) is 3.02. The third-order valence-electron chi connectivity index (χ3n) is 2.12. The molecule has 1 aliphatic heterocycles. The van der Waals surface area contributed by atoms with Gasteiger partial charge >= 0.3 is 0 Å². The maximum atomic E-state index is 10.4. The van der Waals surface area contributed by atoms with E-state index in [1.807, 2.05) is 0 Å². The Morgan fingerprint density at radius 1 is 1.17 bits per heavy atom. The first-order valence-electron chi connectivity index (χ1n) is 3.85. The van der Waals surface area contributed by atoms with Gasteiger partial charge in [0.05, 0.1) is 12.2 Å². The molecule has 0 saturated carbocycles. The average molecular weight is 177 g/mol. The molecular formula is C7H13O5-. The number of rotatable bonds is 1. The van der Waals surface area contributed by atoms with E-state index >= 15 is 0 Å². The van der Waals surface area contributed by atoms with E-state index < -0.39 is 37.1 Å². The predicted octanol–water partition coefficient (Wildman–Crippen LogP) is -2.78. The number of hydrogen-bond acceptors (Lipinski definition) is 5. The van der Waals surface area contributed by atoms with Gasteiger partial charge in [-0.25, -0.2) is 0 Å². The maximum absolute atomic E-state index is 10.4. The summed E-state index contributed by atoms with van der Waals surface area (Å²) in [6.07, 6.45) is -5.22. The molecule has 0 spiro atoms. The molecule has 3 N–H and O–H groups in total. The van der Waals surface area contributed by atoms with Gasteiger partial charge in [0, 0.05) is 0 Å². The van der Waals surface area contributed by atoms with Crippen LogP contribution in [0.5, 0.6) is 0 Å². The van der Waals surface area contributed by atoms with Crippen molar-refractivity contribution in [2.24, 2.45) is 0 Å². The van der Waals surface area contributed by atoms with Gasteiger partial charge < -0.3 is 25.2 Å². The van der Waals surface area contributed by atoms with Crippen LogP contribution in [0.15, 0.2) is 0 Å². The first-order chi connectivity index (χ1) is 5.57. The standard InChI is InChI=1S/C7H13O5/c1-3-5(9)7(11)6(10)4(2-8)12-3/h3-7,9-11H,2H2,1H3/q-1. The normalized spacial score (nSPS) is 49.2. The van der Waals surface area contributed by atoms with Gasteiger partial charge in [0.1, 0.15) is 18.3 Å². The minimum absolute atomic E-state index is 0.609. The van der Waals surface area contributed by atoms with Crippen molar-refractivity contribution in [3.05, 3.63) is 0 Å². The summed E-state index contributed by atoms with van der Waals surface area (Å²) in [4.78, 5) is 0. The zero-order valence-corrected chi connectivity index (χ0v) is 6.75. The van der Waals surface area contributed by atoms with E-state index in [9.17, 15) is 20.4 Å². The third kappa shape index (κ3) is 1.60. The van der Waals surface area contributed by atoms with Gasteiger partial charge in [-0.2, -0.15) is 0 Å². The summed E-state index contributed by atoms with van der Waals surface area (Å²) >= 11 is 0. The lowest BCUT2D eigenvalue weighted by atomic mass is 9.96. The zero-order chi connectivity index (χ0) is 9.30. The van der Waals surface area contributed by atoms with Crippen molar-refractivity contribution in [2.75, 3.05) is 6.61 Å². The minimum atomic E-state index is -1.28. The van der Waals surface area contributed by atoms with E-state index in [0.717, 1.165) is 0 Å². The number of hydrogen-bond donors (Lipinski definition) is 3. The van der Waals surface area contributed by atoms with Gasteiger partial charge in [0.15, 0.2) is 0 Å². The molecule has 5 heteroatoms. The lowest BCUT2D eigenvalue weighted by molar-refractivity contribution is -0.402. The molecule has 5 nitrogen and oxygen atoms in total. The molecular weight excluding hydrogens is 164 g/mol. The predicted molar refractivity (Wildman–Crippen MR) is 37.2 cm³/mol. The van der Waals surface area contributed by atoms with Crippen LogP contribution >= 0.6 is 0 Å². The lowest BCUT2D eigenvalue weighted by Gasteiger charge is -2.40. The van der Waals surface area contributed by atoms with Crippen molar-refractivity contribution >= 4 is 0 Å². The Balaban J connectivity index is 2.63. The van der Waals surface area contributed by atoms with E-state index in [4.69, 9.17) is 4.74 Å². The van der Waals surface area contributed by atoms with Crippen molar-refractivity contribution in [1.82, 2.24) is 0 Å². The molecule has 1 heterocycles. The van der Waals surface area contributed by atoms with Crippen molar-refractivity contribution in [2.45, 2.75) is 37.4 Å². The third-order valence-corrected chi connectivity index (χ3v) is 2.12. The second kappa shape index (κ2) is 3.68. The molecule has 0 amide bonds. The highest BCUT2D eigenvalue weighted by atomic mass is 16.5. The lowest BCUT2D eigenvalue weighted by Crippen LogP contribution is -2.58. The Hall–Kier alpha value is -0.200. The molecule has 12 heavy (non-hydrogen) atoms. The van der Waals surface area contributed by atoms with Gasteiger partial charge in [0.2, 0.25) is 0 Å². The molecule has 0 aromatic rings. The molecule has 1 saturated heterocycles. The van der Waals surface area contributed by atoms with Gasteiger partial charge in [-0.1, -0.05) is 0 Å². The molecule has 0 aliphatic carbocycles. The monoisotopic (exact) mass is 177 g/mol. The van der Waals surface area contributed by atoms with Crippen LogP contribution in [-0.2, 0) is 4.74 Å². The Bertz CT molecular complexity index is 146. The quantitative estimate of drug-likeness (QED) is 0.403. The summed E-state index contributed by atoms with van der Waals surface area (Å²) < 4.78 is 4.96. The molecule has 1 fully saturated rings. The van der Waals surface area contributed by atoms with E-state index in [2.05, 4.69) is 0 Å². The Kier molecular flexibility index (Phi) is 3.03. The maximum Gasteiger partial charge on any atom is 0.111 e. The molecule has 0 bridgehead atoms. The molecule has 72 valence electrons. The van der Waals surface area contributed by atoms with E-state index in [1.54, 1.807) is 6.92 Å². The van der Waals surface area contributed by atoms with Gasteiger partial charge in [-0.05, 0) is 6.92 Å². The van der Waals surface area contributed by atoms with Crippen LogP contribution in [0, 0.1) is 0 Å². The van der Waals surface area contributed by atoms with Crippen LogP contribution in [-0.4, -0.2) is 52.4 Å². The van der Waals surface area contributed by atoms with Crippen molar-refractivity contribution in [1.29, 1.82) is 0 Å². The van der Waals surface area contributed by atoms with Crippen LogP contribution < -0.4 is 5.11 Å². The van der Waals surface area contributed by atoms with E-state index in [-0.39, 0.29) is 0 Å². The summed E-state index contributed by atoms with van der Waals surface area (Å²) in [7, 11) is 0. The smallest absolute Gasteiger partial charge is 0.111 e. The highest BCUT2D eigenvalue weighted by molar-refractivity contribution is 4.89. The summed E-state index contributed by atoms with van der Waals surface area (Å²) in [6, 6.07) is 0. The van der Waals surface area contributed by atoms with E-state index in [0.29, 0.717) is 0 Å². The number of aliphatic hydroxyl groups is 3. The molecule has 1 aliphatic rings. The fourth-order valence-electron chi connectivity index (χ4n) is 1.27. The van der Waals surface area contributed by atoms with Crippen LogP contribution in [0.4, 0.5) is 0 Å². The van der Waals surface area contributed by atoms with Crippen molar-refractivity contribution in [3.8, 4) is 0 Å². The van der Waals surface area contributed by atoms with Gasteiger partial charge in [-0.15, -0.1) is 6.61 Å². The Morgan fingerprint density at radius 3 is 2.25 bits per heavy atom. The van der Waals surface area contributed by atoms with Crippen LogP contribution in [0.3, 0.4) is 0 Å². The Morgan fingerprint density at radius 2 is 1.75 bits per heavy atom. The minimum Gasteiger partial charge on any atom is -0.853 e. The molecule has 5 unspecified atom stereocenters. The first kappa shape index (κ1) is 9.88. The highest BCUT2D eigenvalue weighted by Gasteiger charge is 2.39. The average Bonchev–Trinajstić information content (AvgIpc) is 2.08. The highest BCUT2D eigenvalue weighted by Crippen LogP contribution is 2.19. The molecule has 5 atom stereocenters. The van der Waals surface area contributed by atoms with Gasteiger partial charge in [0.25, 0.3) is 0 Å². The van der Waals surface area contributed by atoms with Crippen LogP contribution in [0.1, 0.15) is 6.92 Å². The SMILES string of the molecule is CC1OC(C[O-])C(O)C(O)C1O. The Labute approximate surface area is 70.2 Å². The van der Waals surface area contributed by atoms with Crippen LogP contribution in [0.2, 0.25) is 0 Å². The van der Waals surface area contributed by atoms with E-state index in [1.165, 1.54) is 0 Å². The summed E-state index contributed by atoms with van der Waals surface area (Å²) in [5.41, 5.74) is 0. The number of ether oxygens (including phenoxy) is 1. The summed E-state index contributed by atoms with van der Waals surface area (Å²) in [5.74, 6) is 0. The van der Waals surface area contributed by atoms with Crippen LogP contribution in [0.25, 0.3) is 0 Å². The molecule has 0 aromatic carbocycles. The molecule has 1 rings (SSSR count). The van der Waals surface area contributed by atoms with Crippen molar-refractivity contribution < 1.29 is 25.2 Å². The molecule has 0 aromatic heterocycles. The molecule has 0 radical (unpaired) electrons. The largest absolute Gasteiger partial charge is 0.853 e. The summed E-state index contributed by atoms with van der Waals surface area (Å²) in [6.45, 7) is 0.928. The topological polar surface area (TPSA) is 93.0 Å². The number of aliphatic hydroxyl groups excluding tert-OH is 3. The van der Waals surface area contributed by atoms with Crippen molar-refractivity contribution in [3.63, 3.8) is 0 Å². The zero-order valence-electron chi connectivity index (χ0n) is 6.75.